The minimum absolute atomic E-state index is 0.193. The Kier molecular flexibility index (Phi) is 4.76. The molecule has 0 bridgehead atoms. The first-order valence-electron chi connectivity index (χ1n) is 5.87. The van der Waals surface area contributed by atoms with Gasteiger partial charge in [-0.05, 0) is 44.0 Å². The third-order valence-corrected chi connectivity index (χ3v) is 2.63. The van der Waals surface area contributed by atoms with E-state index < -0.39 is 0 Å². The van der Waals surface area contributed by atoms with E-state index in [1.54, 1.807) is 0 Å². The van der Waals surface area contributed by atoms with E-state index in [-0.39, 0.29) is 5.91 Å². The molecular formula is C14H20N2O. The highest BCUT2D eigenvalue weighted by molar-refractivity contribution is 6.01. The van der Waals surface area contributed by atoms with Gasteiger partial charge >= 0.3 is 0 Å². The number of carbonyl (C=O) groups excluding carboxylic acids is 1. The minimum Gasteiger partial charge on any atom is -0.381 e. The Labute approximate surface area is 103 Å². The third-order valence-electron chi connectivity index (χ3n) is 2.63. The normalized spacial score (nSPS) is 11.7. The van der Waals surface area contributed by atoms with E-state index in [9.17, 15) is 4.79 Å². The fourth-order valence-corrected chi connectivity index (χ4v) is 1.44. The van der Waals surface area contributed by atoms with Gasteiger partial charge in [-0.15, -0.1) is 0 Å². The van der Waals surface area contributed by atoms with Gasteiger partial charge in [0.25, 0.3) is 0 Å². The summed E-state index contributed by atoms with van der Waals surface area (Å²) in [5.41, 5.74) is 2.91. The summed E-state index contributed by atoms with van der Waals surface area (Å²) in [6.45, 7) is 9.71. The standard InChI is InChI=1S/C14H20N2O/c1-5-11(4)15-13-9-10(3)7-8-12(13)16-14(17)6-2/h6-9,11,15H,2,5H2,1,3-4H3,(H,16,17). The fourth-order valence-electron chi connectivity index (χ4n) is 1.44. The minimum atomic E-state index is -0.193. The Morgan fingerprint density at radius 1 is 1.47 bits per heavy atom. The van der Waals surface area contributed by atoms with Crippen molar-refractivity contribution in [2.75, 3.05) is 10.6 Å². The average molecular weight is 232 g/mol. The van der Waals surface area contributed by atoms with E-state index in [1.807, 2.05) is 25.1 Å². The molecule has 1 atom stereocenters. The number of amides is 1. The molecule has 1 aromatic rings. The lowest BCUT2D eigenvalue weighted by molar-refractivity contribution is -0.111. The van der Waals surface area contributed by atoms with Crippen molar-refractivity contribution in [2.45, 2.75) is 33.2 Å². The molecule has 0 spiro atoms. The van der Waals surface area contributed by atoms with E-state index in [4.69, 9.17) is 0 Å². The molecule has 0 aromatic heterocycles. The van der Waals surface area contributed by atoms with Crippen molar-refractivity contribution >= 4 is 17.3 Å². The van der Waals surface area contributed by atoms with Gasteiger partial charge in [0.15, 0.2) is 0 Å². The van der Waals surface area contributed by atoms with Gasteiger partial charge < -0.3 is 10.6 Å². The quantitative estimate of drug-likeness (QED) is 0.764. The number of anilines is 2. The van der Waals surface area contributed by atoms with Crippen LogP contribution in [0.25, 0.3) is 0 Å². The van der Waals surface area contributed by atoms with Gasteiger partial charge in [0.05, 0.1) is 11.4 Å². The first kappa shape index (κ1) is 13.3. The number of carbonyl (C=O) groups is 1. The highest BCUT2D eigenvalue weighted by Crippen LogP contribution is 2.24. The highest BCUT2D eigenvalue weighted by atomic mass is 16.1. The Bertz CT molecular complexity index is 413. The molecule has 92 valence electrons. The Morgan fingerprint density at radius 2 is 2.18 bits per heavy atom. The number of benzene rings is 1. The second kappa shape index (κ2) is 6.09. The smallest absolute Gasteiger partial charge is 0.247 e. The topological polar surface area (TPSA) is 41.1 Å². The first-order valence-corrected chi connectivity index (χ1v) is 5.87. The van der Waals surface area contributed by atoms with Crippen LogP contribution >= 0.6 is 0 Å². The summed E-state index contributed by atoms with van der Waals surface area (Å²) < 4.78 is 0. The zero-order valence-corrected chi connectivity index (χ0v) is 10.7. The molecule has 0 aliphatic carbocycles. The highest BCUT2D eigenvalue weighted by Gasteiger charge is 2.07. The summed E-state index contributed by atoms with van der Waals surface area (Å²) in [6.07, 6.45) is 2.30. The lowest BCUT2D eigenvalue weighted by atomic mass is 10.1. The summed E-state index contributed by atoms with van der Waals surface area (Å²) in [5.74, 6) is -0.193. The van der Waals surface area contributed by atoms with Crippen LogP contribution in [0.2, 0.25) is 0 Å². The predicted molar refractivity (Wildman–Crippen MR) is 73.4 cm³/mol. The first-order chi connectivity index (χ1) is 8.06. The van der Waals surface area contributed by atoms with Gasteiger partial charge in [-0.3, -0.25) is 4.79 Å². The van der Waals surface area contributed by atoms with Crippen molar-refractivity contribution < 1.29 is 4.79 Å². The maximum atomic E-state index is 11.3. The lowest BCUT2D eigenvalue weighted by Crippen LogP contribution is -2.16. The molecule has 0 radical (unpaired) electrons. The van der Waals surface area contributed by atoms with Crippen LogP contribution in [0, 0.1) is 6.92 Å². The number of nitrogens with one attached hydrogen (secondary N) is 2. The molecule has 1 aromatic carbocycles. The predicted octanol–water partition coefficient (Wildman–Crippen LogP) is 3.33. The maximum absolute atomic E-state index is 11.3. The van der Waals surface area contributed by atoms with Crippen LogP contribution in [0.4, 0.5) is 11.4 Å². The van der Waals surface area contributed by atoms with Crippen LogP contribution in [0.3, 0.4) is 0 Å². The molecule has 0 fully saturated rings. The molecule has 1 unspecified atom stereocenters. The molecular weight excluding hydrogens is 212 g/mol. The molecule has 1 rings (SSSR count). The monoisotopic (exact) mass is 232 g/mol. The van der Waals surface area contributed by atoms with Crippen LogP contribution in [-0.2, 0) is 4.79 Å². The molecule has 0 aliphatic rings. The van der Waals surface area contributed by atoms with Gasteiger partial charge in [0, 0.05) is 6.04 Å². The summed E-state index contributed by atoms with van der Waals surface area (Å²) >= 11 is 0. The molecule has 1 amide bonds. The van der Waals surface area contributed by atoms with Crippen molar-refractivity contribution in [3.05, 3.63) is 36.4 Å². The Morgan fingerprint density at radius 3 is 2.76 bits per heavy atom. The van der Waals surface area contributed by atoms with Gasteiger partial charge in [-0.2, -0.15) is 0 Å². The van der Waals surface area contributed by atoms with E-state index in [0.717, 1.165) is 23.4 Å². The van der Waals surface area contributed by atoms with Crippen molar-refractivity contribution in [3.63, 3.8) is 0 Å². The van der Waals surface area contributed by atoms with Crippen molar-refractivity contribution in [2.24, 2.45) is 0 Å². The second-order valence-electron chi connectivity index (χ2n) is 4.20. The number of aryl methyl sites for hydroxylation is 1. The summed E-state index contributed by atoms with van der Waals surface area (Å²) in [5, 5.41) is 6.18. The van der Waals surface area contributed by atoms with Gasteiger partial charge in [-0.1, -0.05) is 19.6 Å². The van der Waals surface area contributed by atoms with Crippen molar-refractivity contribution in [1.29, 1.82) is 0 Å². The SMILES string of the molecule is C=CC(=O)Nc1ccc(C)cc1NC(C)CC. The molecule has 0 saturated carbocycles. The molecule has 0 aliphatic heterocycles. The van der Waals surface area contributed by atoms with Crippen LogP contribution in [0.5, 0.6) is 0 Å². The van der Waals surface area contributed by atoms with E-state index >= 15 is 0 Å². The summed E-state index contributed by atoms with van der Waals surface area (Å²) in [6, 6.07) is 6.28. The largest absolute Gasteiger partial charge is 0.381 e. The fraction of sp³-hybridized carbons (Fsp3) is 0.357. The van der Waals surface area contributed by atoms with Crippen molar-refractivity contribution in [3.8, 4) is 0 Å². The van der Waals surface area contributed by atoms with Gasteiger partial charge in [-0.25, -0.2) is 0 Å². The second-order valence-corrected chi connectivity index (χ2v) is 4.20. The summed E-state index contributed by atoms with van der Waals surface area (Å²) in [7, 11) is 0. The Balaban J connectivity index is 2.94. The van der Waals surface area contributed by atoms with E-state index in [0.29, 0.717) is 6.04 Å². The molecule has 17 heavy (non-hydrogen) atoms. The molecule has 3 nitrogen and oxygen atoms in total. The molecule has 2 N–H and O–H groups in total. The van der Waals surface area contributed by atoms with Crippen molar-refractivity contribution in [1.82, 2.24) is 0 Å². The van der Waals surface area contributed by atoms with Gasteiger partial charge in [0.2, 0.25) is 5.91 Å². The summed E-state index contributed by atoms with van der Waals surface area (Å²) in [4.78, 5) is 11.3. The third kappa shape index (κ3) is 3.94. The van der Waals surface area contributed by atoms with E-state index in [2.05, 4.69) is 31.1 Å². The maximum Gasteiger partial charge on any atom is 0.247 e. The average Bonchev–Trinajstić information content (AvgIpc) is 2.32. The van der Waals surface area contributed by atoms with Crippen LogP contribution in [-0.4, -0.2) is 11.9 Å². The van der Waals surface area contributed by atoms with Crippen LogP contribution < -0.4 is 10.6 Å². The lowest BCUT2D eigenvalue weighted by Gasteiger charge is -2.17. The zero-order valence-electron chi connectivity index (χ0n) is 10.7. The molecule has 0 saturated heterocycles. The van der Waals surface area contributed by atoms with Gasteiger partial charge in [0.1, 0.15) is 0 Å². The molecule has 0 heterocycles. The number of hydrogen-bond donors (Lipinski definition) is 2. The van der Waals surface area contributed by atoms with Crippen LogP contribution in [0.1, 0.15) is 25.8 Å². The zero-order chi connectivity index (χ0) is 12.8. The number of rotatable bonds is 5. The number of hydrogen-bond acceptors (Lipinski definition) is 2. The Hall–Kier alpha value is -1.77. The van der Waals surface area contributed by atoms with E-state index in [1.165, 1.54) is 6.08 Å². The van der Waals surface area contributed by atoms with Crippen LogP contribution in [0.15, 0.2) is 30.9 Å². The molecule has 3 heteroatoms.